The van der Waals surface area contributed by atoms with Crippen LogP contribution in [0.25, 0.3) is 33.3 Å². The average Bonchev–Trinajstić information content (AvgIpc) is 3.26. The molecule has 7 nitrogen and oxygen atoms in total. The molecule has 136 valence electrons. The maximum absolute atomic E-state index is 11.8. The van der Waals surface area contributed by atoms with Gasteiger partial charge in [-0.05, 0) is 36.4 Å². The predicted octanol–water partition coefficient (Wildman–Crippen LogP) is 4.12. The minimum atomic E-state index is -0.518. The largest absolute Gasteiger partial charge is 0.504 e. The number of aromatic hydroxyl groups is 1. The molecule has 2 aromatic heterocycles. The summed E-state index contributed by atoms with van der Waals surface area (Å²) >= 11 is 0. The lowest BCUT2D eigenvalue weighted by molar-refractivity contribution is 0.0592. The fourth-order valence-electron chi connectivity index (χ4n) is 2.96. The molecule has 4 rings (SSSR count). The van der Waals surface area contributed by atoms with E-state index in [-0.39, 0.29) is 17.1 Å². The van der Waals surface area contributed by atoms with Gasteiger partial charge in [-0.2, -0.15) is 0 Å². The molecule has 2 aromatic carbocycles. The van der Waals surface area contributed by atoms with Crippen LogP contribution in [0.2, 0.25) is 0 Å². The highest BCUT2D eigenvalue weighted by Crippen LogP contribution is 2.42. The molecule has 0 saturated heterocycles. The van der Waals surface area contributed by atoms with Crippen LogP contribution >= 0.6 is 0 Å². The molecular formula is C20H14O7. The van der Waals surface area contributed by atoms with Crippen LogP contribution in [-0.4, -0.2) is 31.3 Å². The number of hydrogen-bond donors (Lipinski definition) is 1. The Labute approximate surface area is 152 Å². The van der Waals surface area contributed by atoms with Gasteiger partial charge in [-0.3, -0.25) is 0 Å². The van der Waals surface area contributed by atoms with Crippen LogP contribution in [0.1, 0.15) is 20.7 Å². The number of ether oxygens (including phenoxy) is 2. The van der Waals surface area contributed by atoms with Crippen LogP contribution in [0, 0.1) is 0 Å². The Kier molecular flexibility index (Phi) is 3.84. The van der Waals surface area contributed by atoms with Gasteiger partial charge >= 0.3 is 11.9 Å². The lowest BCUT2D eigenvalue weighted by Gasteiger charge is -2.00. The van der Waals surface area contributed by atoms with E-state index in [2.05, 4.69) is 0 Å². The first-order valence-corrected chi connectivity index (χ1v) is 7.97. The van der Waals surface area contributed by atoms with E-state index in [1.807, 2.05) is 0 Å². The smallest absolute Gasteiger partial charge is 0.337 e. The summed E-state index contributed by atoms with van der Waals surface area (Å²) in [5.74, 6) is -0.967. The van der Waals surface area contributed by atoms with Gasteiger partial charge in [0.15, 0.2) is 11.5 Å². The van der Waals surface area contributed by atoms with E-state index < -0.39 is 11.9 Å². The summed E-state index contributed by atoms with van der Waals surface area (Å²) in [6.07, 6.45) is 1.43. The number of rotatable bonds is 3. The molecule has 0 saturated carbocycles. The predicted molar refractivity (Wildman–Crippen MR) is 95.8 cm³/mol. The highest BCUT2D eigenvalue weighted by molar-refractivity contribution is 6.03. The first kappa shape index (κ1) is 16.7. The van der Waals surface area contributed by atoms with Crippen molar-refractivity contribution in [3.05, 3.63) is 53.8 Å². The van der Waals surface area contributed by atoms with Crippen LogP contribution in [0.4, 0.5) is 0 Å². The van der Waals surface area contributed by atoms with E-state index in [9.17, 15) is 14.7 Å². The monoisotopic (exact) mass is 366 g/mol. The van der Waals surface area contributed by atoms with Gasteiger partial charge in [0, 0.05) is 5.39 Å². The van der Waals surface area contributed by atoms with E-state index >= 15 is 0 Å². The summed E-state index contributed by atoms with van der Waals surface area (Å²) in [6.45, 7) is 0. The number of carbonyl (C=O) groups excluding carboxylic acids is 2. The Balaban J connectivity index is 1.90. The number of fused-ring (bicyclic) bond motifs is 2. The van der Waals surface area contributed by atoms with Gasteiger partial charge in [0.2, 0.25) is 0 Å². The number of hydrogen-bond acceptors (Lipinski definition) is 7. The van der Waals surface area contributed by atoms with Gasteiger partial charge in [-0.25, -0.2) is 9.59 Å². The summed E-state index contributed by atoms with van der Waals surface area (Å²) in [6, 6.07) is 9.44. The first-order chi connectivity index (χ1) is 13.0. The minimum absolute atomic E-state index is 0.137. The molecule has 0 amide bonds. The zero-order chi connectivity index (χ0) is 19.1. The molecule has 0 aliphatic rings. The van der Waals surface area contributed by atoms with Crippen LogP contribution in [-0.2, 0) is 9.47 Å². The van der Waals surface area contributed by atoms with Crippen molar-refractivity contribution in [2.75, 3.05) is 14.2 Å². The quantitative estimate of drug-likeness (QED) is 0.544. The Bertz CT molecular complexity index is 1200. The molecule has 0 unspecified atom stereocenters. The summed E-state index contributed by atoms with van der Waals surface area (Å²) in [5.41, 5.74) is 2.03. The molecule has 0 aliphatic heterocycles. The SMILES string of the molecule is COC(=O)c1ccc2occ(-c3oc4ccc(C(=O)OC)cc4c3O)c2c1. The lowest BCUT2D eigenvalue weighted by atomic mass is 10.1. The number of esters is 2. The fourth-order valence-corrected chi connectivity index (χ4v) is 2.96. The maximum atomic E-state index is 11.8. The molecule has 2 heterocycles. The Hall–Kier alpha value is -3.74. The highest BCUT2D eigenvalue weighted by atomic mass is 16.5. The average molecular weight is 366 g/mol. The molecule has 7 heteroatoms. The van der Waals surface area contributed by atoms with E-state index in [1.54, 1.807) is 30.3 Å². The van der Waals surface area contributed by atoms with Crippen LogP contribution in [0.3, 0.4) is 0 Å². The number of methoxy groups -OCH3 is 2. The molecule has 1 N–H and O–H groups in total. The van der Waals surface area contributed by atoms with Gasteiger partial charge in [0.05, 0.1) is 36.3 Å². The number of benzene rings is 2. The van der Waals surface area contributed by atoms with Crippen molar-refractivity contribution in [2.24, 2.45) is 0 Å². The van der Waals surface area contributed by atoms with Gasteiger partial charge < -0.3 is 23.4 Å². The third kappa shape index (κ3) is 2.60. The van der Waals surface area contributed by atoms with Gasteiger partial charge in [0.25, 0.3) is 0 Å². The van der Waals surface area contributed by atoms with Crippen molar-refractivity contribution < 1.29 is 33.0 Å². The van der Waals surface area contributed by atoms with E-state index in [0.717, 1.165) is 0 Å². The molecule has 4 aromatic rings. The Morgan fingerprint density at radius 2 is 1.48 bits per heavy atom. The topological polar surface area (TPSA) is 99.1 Å². The highest BCUT2D eigenvalue weighted by Gasteiger charge is 2.21. The fraction of sp³-hybridized carbons (Fsp3) is 0.100. The van der Waals surface area contributed by atoms with Crippen molar-refractivity contribution in [3.63, 3.8) is 0 Å². The molecule has 0 spiro atoms. The van der Waals surface area contributed by atoms with Crippen molar-refractivity contribution in [1.82, 2.24) is 0 Å². The third-order valence-electron chi connectivity index (χ3n) is 4.32. The molecule has 0 fully saturated rings. The molecule has 0 bridgehead atoms. The zero-order valence-corrected chi connectivity index (χ0v) is 14.4. The second kappa shape index (κ2) is 6.21. The maximum Gasteiger partial charge on any atom is 0.337 e. The zero-order valence-electron chi connectivity index (χ0n) is 14.4. The third-order valence-corrected chi connectivity index (χ3v) is 4.32. The van der Waals surface area contributed by atoms with Crippen LogP contribution < -0.4 is 0 Å². The second-order valence-electron chi connectivity index (χ2n) is 5.83. The number of carbonyl (C=O) groups is 2. The molecule has 27 heavy (non-hydrogen) atoms. The summed E-state index contributed by atoms with van der Waals surface area (Å²) < 4.78 is 20.7. The summed E-state index contributed by atoms with van der Waals surface area (Å²) in [4.78, 5) is 23.5. The van der Waals surface area contributed by atoms with Crippen molar-refractivity contribution in [3.8, 4) is 17.1 Å². The van der Waals surface area contributed by atoms with Crippen molar-refractivity contribution >= 4 is 33.9 Å². The molecular weight excluding hydrogens is 352 g/mol. The Morgan fingerprint density at radius 1 is 0.889 bits per heavy atom. The van der Waals surface area contributed by atoms with Crippen molar-refractivity contribution in [2.45, 2.75) is 0 Å². The van der Waals surface area contributed by atoms with Gasteiger partial charge in [0.1, 0.15) is 17.4 Å². The van der Waals surface area contributed by atoms with Crippen LogP contribution in [0.5, 0.6) is 5.75 Å². The van der Waals surface area contributed by atoms with Gasteiger partial charge in [-0.1, -0.05) is 0 Å². The lowest BCUT2D eigenvalue weighted by Crippen LogP contribution is -2.00. The Morgan fingerprint density at radius 3 is 2.11 bits per heavy atom. The molecule has 0 atom stereocenters. The summed E-state index contributed by atoms with van der Waals surface area (Å²) in [7, 11) is 2.58. The van der Waals surface area contributed by atoms with Gasteiger partial charge in [-0.15, -0.1) is 0 Å². The minimum Gasteiger partial charge on any atom is -0.504 e. The van der Waals surface area contributed by atoms with E-state index in [0.29, 0.717) is 33.1 Å². The number of furan rings is 2. The molecule has 0 radical (unpaired) electrons. The van der Waals surface area contributed by atoms with Crippen molar-refractivity contribution in [1.29, 1.82) is 0 Å². The van der Waals surface area contributed by atoms with E-state index in [1.165, 1.54) is 26.5 Å². The van der Waals surface area contributed by atoms with E-state index in [4.69, 9.17) is 18.3 Å². The van der Waals surface area contributed by atoms with Crippen LogP contribution in [0.15, 0.2) is 51.5 Å². The standard InChI is InChI=1S/C20H14O7/c1-24-19(22)10-3-5-15-12(7-10)14(9-26-15)18-17(21)13-8-11(20(23)25-2)4-6-16(13)27-18/h3-9,21H,1-2H3. The first-order valence-electron chi connectivity index (χ1n) is 7.97. The molecule has 0 aliphatic carbocycles. The second-order valence-corrected chi connectivity index (χ2v) is 5.83. The summed E-state index contributed by atoms with van der Waals surface area (Å²) in [5, 5.41) is 11.6. The normalized spacial score (nSPS) is 11.0.